The standard InChI is InChI=1S/C35H30Br2N2O5/c1-3-30(32(40)21-9-5-4-6-10-21)44-35(43)26-18-29(38-31-19(2)8-7-11-23(26)31)20-12-14-22(15-13-20)39-33(41)24-16-27(36)28(37)17-25(24)34(39)42/h4-15,18,24-25,27-28,30H,3,16-17H2,1-2H3. The lowest BCUT2D eigenvalue weighted by atomic mass is 9.81. The summed E-state index contributed by atoms with van der Waals surface area (Å²) in [4.78, 5) is 59.8. The molecule has 44 heavy (non-hydrogen) atoms. The van der Waals surface area contributed by atoms with E-state index in [1.165, 1.54) is 4.90 Å². The van der Waals surface area contributed by atoms with Crippen LogP contribution in [-0.4, -0.2) is 44.3 Å². The summed E-state index contributed by atoms with van der Waals surface area (Å²) in [6, 6.07) is 23.1. The van der Waals surface area contributed by atoms with E-state index in [9.17, 15) is 19.2 Å². The van der Waals surface area contributed by atoms with Crippen LogP contribution in [0.25, 0.3) is 22.2 Å². The Bertz CT molecular complexity index is 1750. The quantitative estimate of drug-likeness (QED) is 0.0854. The molecule has 0 bridgehead atoms. The lowest BCUT2D eigenvalue weighted by molar-refractivity contribution is -0.122. The number of carbonyl (C=O) groups is 4. The summed E-state index contributed by atoms with van der Waals surface area (Å²) in [5.41, 5.74) is 4.07. The Labute approximate surface area is 272 Å². The van der Waals surface area contributed by atoms with Crippen molar-refractivity contribution in [2.24, 2.45) is 11.8 Å². The van der Waals surface area contributed by atoms with Crippen molar-refractivity contribution in [2.45, 2.75) is 48.9 Å². The van der Waals surface area contributed by atoms with Crippen LogP contribution in [-0.2, 0) is 14.3 Å². The van der Waals surface area contributed by atoms with Gasteiger partial charge in [0.1, 0.15) is 0 Å². The van der Waals surface area contributed by atoms with Gasteiger partial charge < -0.3 is 4.74 Å². The van der Waals surface area contributed by atoms with Crippen molar-refractivity contribution in [3.05, 3.63) is 95.6 Å². The number of alkyl halides is 2. The van der Waals surface area contributed by atoms with Crippen molar-refractivity contribution in [2.75, 3.05) is 4.90 Å². The molecule has 6 rings (SSSR count). The van der Waals surface area contributed by atoms with Gasteiger partial charge in [-0.25, -0.2) is 9.78 Å². The van der Waals surface area contributed by atoms with E-state index < -0.39 is 12.1 Å². The molecule has 0 N–H and O–H groups in total. The maximum absolute atomic E-state index is 13.6. The molecule has 4 aromatic rings. The highest BCUT2D eigenvalue weighted by molar-refractivity contribution is 9.12. The van der Waals surface area contributed by atoms with Crippen LogP contribution in [0.15, 0.2) is 78.9 Å². The molecule has 2 heterocycles. The fraction of sp³-hybridized carbons (Fsp3) is 0.286. The summed E-state index contributed by atoms with van der Waals surface area (Å²) >= 11 is 7.27. The molecule has 1 aliphatic heterocycles. The van der Waals surface area contributed by atoms with Gasteiger partial charge in [0.05, 0.1) is 34.3 Å². The lowest BCUT2D eigenvalue weighted by Gasteiger charge is -2.29. The second-order valence-corrected chi connectivity index (χ2v) is 13.7. The van der Waals surface area contributed by atoms with E-state index in [-0.39, 0.29) is 39.1 Å². The number of nitrogens with zero attached hydrogens (tertiary/aromatic N) is 2. The predicted octanol–water partition coefficient (Wildman–Crippen LogP) is 7.45. The number of aryl methyl sites for hydroxylation is 1. The minimum atomic E-state index is -0.931. The zero-order valence-electron chi connectivity index (χ0n) is 24.2. The first-order chi connectivity index (χ1) is 21.2. The van der Waals surface area contributed by atoms with Crippen molar-refractivity contribution in [3.63, 3.8) is 0 Å². The monoisotopic (exact) mass is 716 g/mol. The number of hydrogen-bond acceptors (Lipinski definition) is 6. The molecule has 2 aliphatic rings. The first-order valence-corrected chi connectivity index (χ1v) is 16.5. The molecule has 0 spiro atoms. The topological polar surface area (TPSA) is 93.6 Å². The number of para-hydroxylation sites is 1. The molecular formula is C35H30Br2N2O5. The average Bonchev–Trinajstić information content (AvgIpc) is 3.27. The maximum atomic E-state index is 13.6. The summed E-state index contributed by atoms with van der Waals surface area (Å²) < 4.78 is 5.81. The SMILES string of the molecule is CCC(OC(=O)c1cc(-c2ccc(N3C(=O)C4CC(Br)C(Br)CC4C3=O)cc2)nc2c(C)cccc12)C(=O)c1ccccc1. The van der Waals surface area contributed by atoms with E-state index in [4.69, 9.17) is 9.72 Å². The number of esters is 1. The molecule has 2 fully saturated rings. The highest BCUT2D eigenvalue weighted by atomic mass is 79.9. The molecule has 5 unspecified atom stereocenters. The average molecular weight is 718 g/mol. The zero-order chi connectivity index (χ0) is 31.1. The van der Waals surface area contributed by atoms with Gasteiger partial charge in [0.2, 0.25) is 17.6 Å². The summed E-state index contributed by atoms with van der Waals surface area (Å²) in [6.07, 6.45) is 0.612. The summed E-state index contributed by atoms with van der Waals surface area (Å²) in [5.74, 6) is -1.87. The van der Waals surface area contributed by atoms with E-state index in [1.807, 2.05) is 38.1 Å². The van der Waals surface area contributed by atoms with Crippen LogP contribution in [0.3, 0.4) is 0 Å². The smallest absolute Gasteiger partial charge is 0.339 e. The number of pyridine rings is 1. The van der Waals surface area contributed by atoms with Gasteiger partial charge in [-0.05, 0) is 49.9 Å². The fourth-order valence-corrected chi connectivity index (χ4v) is 7.38. The lowest BCUT2D eigenvalue weighted by Crippen LogP contribution is -2.34. The number of ether oxygens (including phenoxy) is 1. The van der Waals surface area contributed by atoms with Crippen LogP contribution >= 0.6 is 31.9 Å². The molecular weight excluding hydrogens is 688 g/mol. The van der Waals surface area contributed by atoms with Gasteiger partial charge in [-0.15, -0.1) is 0 Å². The van der Waals surface area contributed by atoms with Crippen LogP contribution in [0.4, 0.5) is 5.69 Å². The first-order valence-electron chi connectivity index (χ1n) is 14.6. The van der Waals surface area contributed by atoms with Gasteiger partial charge in [0, 0.05) is 26.2 Å². The normalized spacial score (nSPS) is 22.1. The van der Waals surface area contributed by atoms with Crippen molar-refractivity contribution in [1.29, 1.82) is 0 Å². The number of anilines is 1. The number of Topliss-reactive ketones (excluding diaryl/α,β-unsaturated/α-hetero) is 1. The Morgan fingerprint density at radius 2 is 1.55 bits per heavy atom. The van der Waals surface area contributed by atoms with Crippen LogP contribution in [0, 0.1) is 18.8 Å². The molecule has 0 radical (unpaired) electrons. The van der Waals surface area contributed by atoms with Crippen LogP contribution in [0.2, 0.25) is 0 Å². The van der Waals surface area contributed by atoms with Gasteiger partial charge in [-0.2, -0.15) is 0 Å². The second kappa shape index (κ2) is 12.4. The number of amides is 2. The van der Waals surface area contributed by atoms with Crippen LogP contribution in [0.1, 0.15) is 52.5 Å². The Hall–Kier alpha value is -3.69. The van der Waals surface area contributed by atoms with Gasteiger partial charge in [0.15, 0.2) is 6.10 Å². The van der Waals surface area contributed by atoms with E-state index in [0.29, 0.717) is 58.2 Å². The molecule has 3 aromatic carbocycles. The molecule has 1 aliphatic carbocycles. The van der Waals surface area contributed by atoms with Crippen molar-refractivity contribution < 1.29 is 23.9 Å². The third kappa shape index (κ3) is 5.52. The number of fused-ring (bicyclic) bond motifs is 2. The molecule has 5 atom stereocenters. The van der Waals surface area contributed by atoms with Crippen LogP contribution < -0.4 is 4.90 Å². The maximum Gasteiger partial charge on any atom is 0.339 e. The zero-order valence-corrected chi connectivity index (χ0v) is 27.4. The van der Waals surface area contributed by atoms with E-state index in [2.05, 4.69) is 31.9 Å². The van der Waals surface area contributed by atoms with E-state index >= 15 is 0 Å². The summed E-state index contributed by atoms with van der Waals surface area (Å²) in [7, 11) is 0. The van der Waals surface area contributed by atoms with Crippen molar-refractivity contribution in [3.8, 4) is 11.3 Å². The van der Waals surface area contributed by atoms with Gasteiger partial charge >= 0.3 is 5.97 Å². The minimum absolute atomic E-state index is 0.134. The number of carbonyl (C=O) groups excluding carboxylic acids is 4. The Morgan fingerprint density at radius 3 is 2.16 bits per heavy atom. The third-order valence-corrected chi connectivity index (χ3v) is 11.3. The largest absolute Gasteiger partial charge is 0.450 e. The molecule has 9 heteroatoms. The highest BCUT2D eigenvalue weighted by Crippen LogP contribution is 2.44. The number of hydrogen-bond donors (Lipinski definition) is 0. The van der Waals surface area contributed by atoms with E-state index in [1.54, 1.807) is 54.6 Å². The molecule has 1 saturated heterocycles. The Balaban J connectivity index is 1.31. The number of halogens is 2. The van der Waals surface area contributed by atoms with Crippen molar-refractivity contribution >= 4 is 72.0 Å². The number of aromatic nitrogens is 1. The summed E-state index contributed by atoms with van der Waals surface area (Å²) in [5, 5.41) is 0.628. The number of imide groups is 1. The Kier molecular flexibility index (Phi) is 8.53. The van der Waals surface area contributed by atoms with Gasteiger partial charge in [-0.1, -0.05) is 99.4 Å². The molecule has 1 aromatic heterocycles. The fourth-order valence-electron chi connectivity index (χ4n) is 6.14. The number of ketones is 1. The highest BCUT2D eigenvalue weighted by Gasteiger charge is 2.52. The summed E-state index contributed by atoms with van der Waals surface area (Å²) in [6.45, 7) is 3.73. The van der Waals surface area contributed by atoms with Gasteiger partial charge in [-0.3, -0.25) is 19.3 Å². The van der Waals surface area contributed by atoms with Crippen LogP contribution in [0.5, 0.6) is 0 Å². The second-order valence-electron chi connectivity index (χ2n) is 11.3. The first kappa shape index (κ1) is 30.3. The van der Waals surface area contributed by atoms with Gasteiger partial charge in [0.25, 0.3) is 0 Å². The molecule has 224 valence electrons. The molecule has 7 nitrogen and oxygen atoms in total. The van der Waals surface area contributed by atoms with E-state index in [0.717, 1.165) is 5.56 Å². The predicted molar refractivity (Wildman–Crippen MR) is 176 cm³/mol. The minimum Gasteiger partial charge on any atom is -0.450 e. The Morgan fingerprint density at radius 1 is 0.909 bits per heavy atom. The molecule has 1 saturated carbocycles. The van der Waals surface area contributed by atoms with Crippen molar-refractivity contribution in [1.82, 2.24) is 4.98 Å². The molecule has 2 amide bonds. The third-order valence-electron chi connectivity index (χ3n) is 8.56. The number of rotatable bonds is 7. The number of benzene rings is 3.